The Morgan fingerprint density at radius 1 is 0.909 bits per heavy atom. The molecule has 0 aliphatic carbocycles. The fraction of sp³-hybridized carbons (Fsp3) is 0.400. The molecule has 0 spiro atoms. The molecule has 118 valence electrons. The highest BCUT2D eigenvalue weighted by molar-refractivity contribution is 5.29. The number of ether oxygens (including phenoxy) is 1. The molecule has 2 nitrogen and oxygen atoms in total. The van der Waals surface area contributed by atoms with Gasteiger partial charge in [-0.3, -0.25) is 0 Å². The largest absolute Gasteiger partial charge is 0.494 e. The van der Waals surface area contributed by atoms with Crippen molar-refractivity contribution in [3.8, 4) is 5.75 Å². The minimum absolute atomic E-state index is 0.214. The maximum absolute atomic E-state index is 5.53. The SMILES string of the molecule is CCOc1cccc(CNCc2ccc(C(C)(C)C)cc2)c1. The van der Waals surface area contributed by atoms with Crippen molar-refractivity contribution in [3.05, 3.63) is 65.2 Å². The number of hydrogen-bond donors (Lipinski definition) is 1. The molecule has 22 heavy (non-hydrogen) atoms. The summed E-state index contributed by atoms with van der Waals surface area (Å²) in [6.07, 6.45) is 0. The summed E-state index contributed by atoms with van der Waals surface area (Å²) in [6, 6.07) is 17.1. The zero-order chi connectivity index (χ0) is 16.0. The molecule has 2 rings (SSSR count). The van der Waals surface area contributed by atoms with Gasteiger partial charge in [0.1, 0.15) is 5.75 Å². The maximum Gasteiger partial charge on any atom is 0.119 e. The van der Waals surface area contributed by atoms with Crippen LogP contribution in [0, 0.1) is 0 Å². The van der Waals surface area contributed by atoms with Crippen molar-refractivity contribution >= 4 is 0 Å². The number of nitrogens with one attached hydrogen (secondary N) is 1. The topological polar surface area (TPSA) is 21.3 Å². The van der Waals surface area contributed by atoms with Crippen LogP contribution in [0.4, 0.5) is 0 Å². The lowest BCUT2D eigenvalue weighted by atomic mass is 9.87. The van der Waals surface area contributed by atoms with E-state index in [1.807, 2.05) is 19.1 Å². The summed E-state index contributed by atoms with van der Waals surface area (Å²) in [5, 5.41) is 3.49. The van der Waals surface area contributed by atoms with Gasteiger partial charge in [-0.05, 0) is 41.2 Å². The molecule has 0 bridgehead atoms. The van der Waals surface area contributed by atoms with E-state index in [1.54, 1.807) is 0 Å². The second kappa shape index (κ2) is 7.46. The van der Waals surface area contributed by atoms with E-state index in [0.717, 1.165) is 18.8 Å². The van der Waals surface area contributed by atoms with E-state index >= 15 is 0 Å². The summed E-state index contributed by atoms with van der Waals surface area (Å²) in [5.74, 6) is 0.941. The number of benzene rings is 2. The van der Waals surface area contributed by atoms with Gasteiger partial charge in [0.2, 0.25) is 0 Å². The predicted octanol–water partition coefficient (Wildman–Crippen LogP) is 4.67. The monoisotopic (exact) mass is 297 g/mol. The minimum atomic E-state index is 0.214. The summed E-state index contributed by atoms with van der Waals surface area (Å²) < 4.78 is 5.53. The number of hydrogen-bond acceptors (Lipinski definition) is 2. The minimum Gasteiger partial charge on any atom is -0.494 e. The van der Waals surface area contributed by atoms with E-state index < -0.39 is 0 Å². The van der Waals surface area contributed by atoms with E-state index in [2.05, 4.69) is 62.5 Å². The van der Waals surface area contributed by atoms with Gasteiger partial charge < -0.3 is 10.1 Å². The molecule has 0 aliphatic rings. The van der Waals surface area contributed by atoms with Gasteiger partial charge >= 0.3 is 0 Å². The Morgan fingerprint density at radius 2 is 1.59 bits per heavy atom. The molecular weight excluding hydrogens is 270 g/mol. The van der Waals surface area contributed by atoms with Crippen LogP contribution in [0.15, 0.2) is 48.5 Å². The van der Waals surface area contributed by atoms with Crippen LogP contribution < -0.4 is 10.1 Å². The van der Waals surface area contributed by atoms with Crippen molar-refractivity contribution < 1.29 is 4.74 Å². The molecule has 0 saturated carbocycles. The summed E-state index contributed by atoms with van der Waals surface area (Å²) in [4.78, 5) is 0. The molecule has 0 unspecified atom stereocenters. The van der Waals surface area contributed by atoms with Crippen LogP contribution in [0.5, 0.6) is 5.75 Å². The standard InChI is InChI=1S/C20H27NO/c1-5-22-19-8-6-7-17(13-19)15-21-14-16-9-11-18(12-10-16)20(2,3)4/h6-13,21H,5,14-15H2,1-4H3. The summed E-state index contributed by atoms with van der Waals surface area (Å²) in [5.41, 5.74) is 4.15. The fourth-order valence-corrected chi connectivity index (χ4v) is 2.39. The van der Waals surface area contributed by atoms with Gasteiger partial charge in [-0.1, -0.05) is 57.2 Å². The third-order valence-corrected chi connectivity index (χ3v) is 3.69. The Labute approximate surface area is 134 Å². The highest BCUT2D eigenvalue weighted by atomic mass is 16.5. The smallest absolute Gasteiger partial charge is 0.119 e. The Bertz CT molecular complexity index is 581. The molecule has 0 heterocycles. The molecular formula is C20H27NO. The zero-order valence-corrected chi connectivity index (χ0v) is 14.1. The molecule has 0 fully saturated rings. The Hall–Kier alpha value is -1.80. The normalized spacial score (nSPS) is 11.5. The van der Waals surface area contributed by atoms with Crippen molar-refractivity contribution in [1.29, 1.82) is 0 Å². The van der Waals surface area contributed by atoms with Gasteiger partial charge in [-0.2, -0.15) is 0 Å². The first kappa shape index (κ1) is 16.6. The maximum atomic E-state index is 5.53. The molecule has 1 N–H and O–H groups in total. The molecule has 0 saturated heterocycles. The lowest BCUT2D eigenvalue weighted by molar-refractivity contribution is 0.340. The highest BCUT2D eigenvalue weighted by Crippen LogP contribution is 2.22. The molecule has 0 aromatic heterocycles. The molecule has 0 atom stereocenters. The predicted molar refractivity (Wildman–Crippen MR) is 93.3 cm³/mol. The van der Waals surface area contributed by atoms with Crippen LogP contribution in [0.3, 0.4) is 0 Å². The summed E-state index contributed by atoms with van der Waals surface area (Å²) in [7, 11) is 0. The van der Waals surface area contributed by atoms with E-state index in [9.17, 15) is 0 Å². The summed E-state index contributed by atoms with van der Waals surface area (Å²) >= 11 is 0. The first-order valence-corrected chi connectivity index (χ1v) is 8.01. The second-order valence-electron chi connectivity index (χ2n) is 6.63. The van der Waals surface area contributed by atoms with E-state index in [-0.39, 0.29) is 5.41 Å². The zero-order valence-electron chi connectivity index (χ0n) is 14.1. The molecule has 2 aromatic carbocycles. The fourth-order valence-electron chi connectivity index (χ4n) is 2.39. The Kier molecular flexibility index (Phi) is 5.62. The van der Waals surface area contributed by atoms with E-state index in [4.69, 9.17) is 4.74 Å². The van der Waals surface area contributed by atoms with Crippen LogP contribution in [0.25, 0.3) is 0 Å². The van der Waals surface area contributed by atoms with Gasteiger partial charge in [0.15, 0.2) is 0 Å². The van der Waals surface area contributed by atoms with E-state index in [1.165, 1.54) is 16.7 Å². The van der Waals surface area contributed by atoms with Crippen LogP contribution in [-0.4, -0.2) is 6.61 Å². The first-order valence-electron chi connectivity index (χ1n) is 8.01. The molecule has 0 aliphatic heterocycles. The van der Waals surface area contributed by atoms with Crippen LogP contribution in [0.1, 0.15) is 44.4 Å². The van der Waals surface area contributed by atoms with Crippen molar-refractivity contribution in [2.75, 3.05) is 6.61 Å². The van der Waals surface area contributed by atoms with Gasteiger partial charge in [0.05, 0.1) is 6.61 Å². The van der Waals surface area contributed by atoms with Gasteiger partial charge in [-0.25, -0.2) is 0 Å². The van der Waals surface area contributed by atoms with Crippen LogP contribution in [-0.2, 0) is 18.5 Å². The first-order chi connectivity index (χ1) is 10.5. The lowest BCUT2D eigenvalue weighted by Gasteiger charge is -2.19. The van der Waals surface area contributed by atoms with Gasteiger partial charge in [-0.15, -0.1) is 0 Å². The van der Waals surface area contributed by atoms with E-state index in [0.29, 0.717) is 6.61 Å². The third-order valence-electron chi connectivity index (χ3n) is 3.69. The molecule has 2 heteroatoms. The third kappa shape index (κ3) is 4.88. The van der Waals surface area contributed by atoms with Crippen LogP contribution >= 0.6 is 0 Å². The van der Waals surface area contributed by atoms with Gasteiger partial charge in [0.25, 0.3) is 0 Å². The van der Waals surface area contributed by atoms with Crippen molar-refractivity contribution in [3.63, 3.8) is 0 Å². The number of rotatable bonds is 6. The summed E-state index contributed by atoms with van der Waals surface area (Å²) in [6.45, 7) is 11.2. The lowest BCUT2D eigenvalue weighted by Crippen LogP contribution is -2.14. The average Bonchev–Trinajstić information content (AvgIpc) is 2.48. The quantitative estimate of drug-likeness (QED) is 0.836. The Morgan fingerprint density at radius 3 is 2.23 bits per heavy atom. The highest BCUT2D eigenvalue weighted by Gasteiger charge is 2.12. The average molecular weight is 297 g/mol. The molecule has 0 amide bonds. The van der Waals surface area contributed by atoms with Crippen molar-refractivity contribution in [2.45, 2.75) is 46.2 Å². The van der Waals surface area contributed by atoms with Crippen molar-refractivity contribution in [2.24, 2.45) is 0 Å². The second-order valence-corrected chi connectivity index (χ2v) is 6.63. The molecule has 2 aromatic rings. The van der Waals surface area contributed by atoms with Crippen molar-refractivity contribution in [1.82, 2.24) is 5.32 Å². The van der Waals surface area contributed by atoms with Crippen LogP contribution in [0.2, 0.25) is 0 Å². The molecule has 0 radical (unpaired) electrons. The Balaban J connectivity index is 1.87. The van der Waals surface area contributed by atoms with Gasteiger partial charge in [0, 0.05) is 13.1 Å².